The predicted octanol–water partition coefficient (Wildman–Crippen LogP) is 1.69. The fraction of sp³-hybridized carbons (Fsp3) is 0.684. The van der Waals surface area contributed by atoms with Gasteiger partial charge in [-0.25, -0.2) is 0 Å². The zero-order valence-corrected chi connectivity index (χ0v) is 14.8. The number of aliphatic hydroxyl groups excluding tert-OH is 1. The molecule has 0 unspecified atom stereocenters. The van der Waals surface area contributed by atoms with Crippen LogP contribution in [0.25, 0.3) is 0 Å². The monoisotopic (exact) mass is 331 g/mol. The summed E-state index contributed by atoms with van der Waals surface area (Å²) >= 11 is 0. The zero-order valence-electron chi connectivity index (χ0n) is 14.8. The van der Waals surface area contributed by atoms with Crippen molar-refractivity contribution in [3.63, 3.8) is 0 Å². The minimum atomic E-state index is 0.186. The van der Waals surface area contributed by atoms with Crippen molar-refractivity contribution < 1.29 is 9.90 Å². The van der Waals surface area contributed by atoms with Crippen molar-refractivity contribution in [3.05, 3.63) is 29.6 Å². The Hall–Kier alpha value is -1.46. The lowest BCUT2D eigenvalue weighted by Gasteiger charge is -2.36. The van der Waals surface area contributed by atoms with Gasteiger partial charge in [0, 0.05) is 52.5 Å². The van der Waals surface area contributed by atoms with Crippen molar-refractivity contribution in [1.29, 1.82) is 0 Å². The molecule has 2 aliphatic heterocycles. The van der Waals surface area contributed by atoms with E-state index in [-0.39, 0.29) is 12.5 Å². The predicted molar refractivity (Wildman–Crippen MR) is 93.3 cm³/mol. The summed E-state index contributed by atoms with van der Waals surface area (Å²) < 4.78 is 0. The third kappa shape index (κ3) is 3.95. The van der Waals surface area contributed by atoms with E-state index in [1.54, 1.807) is 6.92 Å². The molecule has 0 saturated carbocycles. The number of aryl methyl sites for hydroxylation is 1. The molecule has 0 bridgehead atoms. The van der Waals surface area contributed by atoms with Crippen molar-refractivity contribution in [1.82, 2.24) is 14.8 Å². The van der Waals surface area contributed by atoms with Gasteiger partial charge in [0.15, 0.2) is 0 Å². The standard InChI is InChI=1S/C19H29N3O2/c1-14-3-4-18(20-9-14)11-21-10-17(13-23)19(12-21)16-5-7-22(8-6-16)15(2)24/h3-4,9,16-17,19,23H,5-8,10-13H2,1-2H3/t17-,19-/m0/s1. The first-order valence-electron chi connectivity index (χ1n) is 9.07. The van der Waals surface area contributed by atoms with Crippen LogP contribution in [0, 0.1) is 24.7 Å². The molecule has 2 saturated heterocycles. The maximum atomic E-state index is 11.5. The van der Waals surface area contributed by atoms with Crippen LogP contribution in [0.4, 0.5) is 0 Å². The molecule has 2 aliphatic rings. The second-order valence-corrected chi connectivity index (χ2v) is 7.47. The summed E-state index contributed by atoms with van der Waals surface area (Å²) in [4.78, 5) is 20.4. The number of amides is 1. The first kappa shape index (κ1) is 17.4. The molecule has 3 heterocycles. The molecule has 2 fully saturated rings. The minimum Gasteiger partial charge on any atom is -0.396 e. The van der Waals surface area contributed by atoms with Gasteiger partial charge in [-0.05, 0) is 49.1 Å². The lowest BCUT2D eigenvalue weighted by Crippen LogP contribution is -2.40. The fourth-order valence-electron chi connectivity index (χ4n) is 4.31. The van der Waals surface area contributed by atoms with E-state index in [1.807, 2.05) is 11.1 Å². The smallest absolute Gasteiger partial charge is 0.219 e. The topological polar surface area (TPSA) is 56.7 Å². The summed E-state index contributed by atoms with van der Waals surface area (Å²) in [6.45, 7) is 8.55. The molecule has 0 aliphatic carbocycles. The molecule has 0 aromatic carbocycles. The SMILES string of the molecule is CC(=O)N1CCC([C@@H]2CN(Cc3ccc(C)cn3)C[C@H]2CO)CC1. The average molecular weight is 331 g/mol. The number of piperidine rings is 1. The molecule has 5 nitrogen and oxygen atoms in total. The highest BCUT2D eigenvalue weighted by atomic mass is 16.3. The first-order valence-corrected chi connectivity index (χ1v) is 9.07. The Bertz CT molecular complexity index is 552. The van der Waals surface area contributed by atoms with E-state index < -0.39 is 0 Å². The van der Waals surface area contributed by atoms with E-state index in [4.69, 9.17) is 0 Å². The molecule has 1 aromatic heterocycles. The number of likely N-dealkylation sites (tertiary alicyclic amines) is 2. The highest BCUT2D eigenvalue weighted by Crippen LogP contribution is 2.36. The van der Waals surface area contributed by atoms with Crippen LogP contribution in [0.1, 0.15) is 31.0 Å². The van der Waals surface area contributed by atoms with E-state index in [0.29, 0.717) is 17.8 Å². The number of hydrogen-bond acceptors (Lipinski definition) is 4. The molecular weight excluding hydrogens is 302 g/mol. The minimum absolute atomic E-state index is 0.186. The van der Waals surface area contributed by atoms with Crippen molar-refractivity contribution in [3.8, 4) is 0 Å². The van der Waals surface area contributed by atoms with Gasteiger partial charge in [0.05, 0.1) is 5.69 Å². The molecule has 0 spiro atoms. The lowest BCUT2D eigenvalue weighted by atomic mass is 9.79. The van der Waals surface area contributed by atoms with Gasteiger partial charge in [-0.15, -0.1) is 0 Å². The normalized spacial score (nSPS) is 26.0. The van der Waals surface area contributed by atoms with Gasteiger partial charge in [0.25, 0.3) is 0 Å². The number of nitrogens with zero attached hydrogens (tertiary/aromatic N) is 3. The molecule has 1 aromatic rings. The van der Waals surface area contributed by atoms with Crippen molar-refractivity contribution in [2.75, 3.05) is 32.8 Å². The van der Waals surface area contributed by atoms with Crippen LogP contribution in [0.2, 0.25) is 0 Å². The van der Waals surface area contributed by atoms with E-state index in [2.05, 4.69) is 28.9 Å². The van der Waals surface area contributed by atoms with Gasteiger partial charge in [-0.1, -0.05) is 6.07 Å². The Labute approximate surface area is 144 Å². The van der Waals surface area contributed by atoms with E-state index in [1.165, 1.54) is 5.56 Å². The van der Waals surface area contributed by atoms with E-state index >= 15 is 0 Å². The number of aromatic nitrogens is 1. The van der Waals surface area contributed by atoms with Gasteiger partial charge in [-0.3, -0.25) is 14.7 Å². The Morgan fingerprint density at radius 2 is 2.04 bits per heavy atom. The van der Waals surface area contributed by atoms with Gasteiger partial charge in [-0.2, -0.15) is 0 Å². The number of rotatable bonds is 4. The molecule has 1 amide bonds. The number of hydrogen-bond donors (Lipinski definition) is 1. The Morgan fingerprint density at radius 3 is 2.62 bits per heavy atom. The van der Waals surface area contributed by atoms with Crippen LogP contribution in [0.5, 0.6) is 0 Å². The summed E-state index contributed by atoms with van der Waals surface area (Å²) in [6.07, 6.45) is 4.05. The Balaban J connectivity index is 1.58. The second kappa shape index (κ2) is 7.62. The van der Waals surface area contributed by atoms with Crippen molar-refractivity contribution >= 4 is 5.91 Å². The summed E-state index contributed by atoms with van der Waals surface area (Å²) in [5, 5.41) is 9.82. The molecule has 1 N–H and O–H groups in total. The third-order valence-corrected chi connectivity index (χ3v) is 5.75. The number of pyridine rings is 1. The van der Waals surface area contributed by atoms with Crippen LogP contribution in [0.15, 0.2) is 18.3 Å². The summed E-state index contributed by atoms with van der Waals surface area (Å²) in [5.41, 5.74) is 2.29. The fourth-order valence-corrected chi connectivity index (χ4v) is 4.31. The van der Waals surface area contributed by atoms with Gasteiger partial charge < -0.3 is 10.0 Å². The quantitative estimate of drug-likeness (QED) is 0.912. The van der Waals surface area contributed by atoms with Gasteiger partial charge in [0.2, 0.25) is 5.91 Å². The van der Waals surface area contributed by atoms with Crippen LogP contribution in [-0.4, -0.2) is 58.6 Å². The van der Waals surface area contributed by atoms with Gasteiger partial charge >= 0.3 is 0 Å². The van der Waals surface area contributed by atoms with Crippen LogP contribution < -0.4 is 0 Å². The third-order valence-electron chi connectivity index (χ3n) is 5.75. The molecule has 2 atom stereocenters. The molecular formula is C19H29N3O2. The molecule has 5 heteroatoms. The van der Waals surface area contributed by atoms with Crippen LogP contribution in [0.3, 0.4) is 0 Å². The summed E-state index contributed by atoms with van der Waals surface area (Å²) in [6, 6.07) is 4.21. The first-order chi connectivity index (χ1) is 11.6. The highest BCUT2D eigenvalue weighted by Gasteiger charge is 2.38. The highest BCUT2D eigenvalue weighted by molar-refractivity contribution is 5.73. The summed E-state index contributed by atoms with van der Waals surface area (Å²) in [7, 11) is 0. The van der Waals surface area contributed by atoms with Crippen molar-refractivity contribution in [2.24, 2.45) is 17.8 Å². The molecule has 132 valence electrons. The summed E-state index contributed by atoms with van der Waals surface area (Å²) in [5.74, 6) is 1.69. The van der Waals surface area contributed by atoms with Gasteiger partial charge in [0.1, 0.15) is 0 Å². The number of aliphatic hydroxyl groups is 1. The Kier molecular flexibility index (Phi) is 5.51. The number of carbonyl (C=O) groups excluding carboxylic acids is 1. The average Bonchev–Trinajstić information content (AvgIpc) is 3.00. The van der Waals surface area contributed by atoms with E-state index in [9.17, 15) is 9.90 Å². The second-order valence-electron chi connectivity index (χ2n) is 7.47. The molecule has 24 heavy (non-hydrogen) atoms. The molecule has 0 radical (unpaired) electrons. The van der Waals surface area contributed by atoms with Crippen LogP contribution >= 0.6 is 0 Å². The Morgan fingerprint density at radius 1 is 1.29 bits per heavy atom. The lowest BCUT2D eigenvalue weighted by molar-refractivity contribution is -0.130. The maximum Gasteiger partial charge on any atom is 0.219 e. The number of carbonyl (C=O) groups is 1. The molecule has 3 rings (SSSR count). The van der Waals surface area contributed by atoms with E-state index in [0.717, 1.165) is 51.3 Å². The van der Waals surface area contributed by atoms with Crippen LogP contribution in [-0.2, 0) is 11.3 Å². The maximum absolute atomic E-state index is 11.5. The zero-order chi connectivity index (χ0) is 17.1. The van der Waals surface area contributed by atoms with Crippen molar-refractivity contribution in [2.45, 2.75) is 33.2 Å². The largest absolute Gasteiger partial charge is 0.396 e.